The van der Waals surface area contributed by atoms with Crippen LogP contribution in [0.4, 0.5) is 6.01 Å². The van der Waals surface area contributed by atoms with Gasteiger partial charge in [-0.15, -0.1) is 0 Å². The molecule has 86 valence electrons. The maximum atomic E-state index is 5.37. The Morgan fingerprint density at radius 2 is 2.40 bits per heavy atom. The van der Waals surface area contributed by atoms with Crippen LogP contribution in [0.1, 0.15) is 12.6 Å². The summed E-state index contributed by atoms with van der Waals surface area (Å²) < 4.78 is 10.4. The Bertz CT molecular complexity index is 288. The predicted octanol–water partition coefficient (Wildman–Crippen LogP) is 0.865. The van der Waals surface area contributed by atoms with Crippen molar-refractivity contribution in [2.24, 2.45) is 0 Å². The minimum Gasteiger partial charge on any atom is -0.432 e. The van der Waals surface area contributed by atoms with Crippen molar-refractivity contribution in [3.8, 4) is 0 Å². The van der Waals surface area contributed by atoms with Crippen LogP contribution in [0, 0.1) is 0 Å². The monoisotopic (exact) mass is 213 g/mol. The fourth-order valence-electron chi connectivity index (χ4n) is 1.26. The number of methoxy groups -OCH3 is 1. The average Bonchev–Trinajstić information content (AvgIpc) is 2.66. The predicted molar refractivity (Wildman–Crippen MR) is 59.0 cm³/mol. The van der Waals surface area contributed by atoms with E-state index in [-0.39, 0.29) is 6.04 Å². The van der Waals surface area contributed by atoms with Crippen molar-refractivity contribution in [2.45, 2.75) is 19.5 Å². The number of nitrogens with zero attached hydrogens (tertiary/aromatic N) is 2. The highest BCUT2D eigenvalue weighted by Crippen LogP contribution is 2.14. The highest BCUT2D eigenvalue weighted by Gasteiger charge is 2.14. The Morgan fingerprint density at radius 1 is 1.67 bits per heavy atom. The second-order valence-corrected chi connectivity index (χ2v) is 3.57. The molecule has 1 atom stereocenters. The molecular weight excluding hydrogens is 194 g/mol. The van der Waals surface area contributed by atoms with Gasteiger partial charge in [0.25, 0.3) is 6.01 Å². The number of nitrogens with one attached hydrogen (secondary N) is 1. The molecule has 1 aromatic heterocycles. The zero-order valence-electron chi connectivity index (χ0n) is 9.78. The molecule has 0 bridgehead atoms. The summed E-state index contributed by atoms with van der Waals surface area (Å²) in [6.07, 6.45) is 1.67. The average molecular weight is 213 g/mol. The lowest BCUT2D eigenvalue weighted by Crippen LogP contribution is -2.32. The molecule has 0 radical (unpaired) electrons. The first kappa shape index (κ1) is 12.0. The Labute approximate surface area is 90.4 Å². The van der Waals surface area contributed by atoms with E-state index in [9.17, 15) is 0 Å². The molecule has 0 aliphatic carbocycles. The summed E-state index contributed by atoms with van der Waals surface area (Å²) in [6, 6.07) is 0.876. The van der Waals surface area contributed by atoms with E-state index in [2.05, 4.69) is 17.2 Å². The number of oxazole rings is 1. The van der Waals surface area contributed by atoms with E-state index >= 15 is 0 Å². The van der Waals surface area contributed by atoms with Gasteiger partial charge in [-0.1, -0.05) is 0 Å². The molecule has 0 aromatic carbocycles. The zero-order valence-corrected chi connectivity index (χ0v) is 9.78. The van der Waals surface area contributed by atoms with Gasteiger partial charge >= 0.3 is 0 Å². The van der Waals surface area contributed by atoms with Gasteiger partial charge in [0.15, 0.2) is 0 Å². The van der Waals surface area contributed by atoms with Gasteiger partial charge in [-0.3, -0.25) is 0 Å². The van der Waals surface area contributed by atoms with Crippen molar-refractivity contribution in [3.63, 3.8) is 0 Å². The fourth-order valence-corrected chi connectivity index (χ4v) is 1.26. The summed E-state index contributed by atoms with van der Waals surface area (Å²) in [5, 5.41) is 3.02. The van der Waals surface area contributed by atoms with E-state index in [0.29, 0.717) is 12.6 Å². The first-order valence-corrected chi connectivity index (χ1v) is 4.99. The molecule has 0 saturated carbocycles. The number of hydrogen-bond donors (Lipinski definition) is 1. The van der Waals surface area contributed by atoms with E-state index in [4.69, 9.17) is 9.15 Å². The third kappa shape index (κ3) is 3.21. The first-order valence-electron chi connectivity index (χ1n) is 4.99. The van der Waals surface area contributed by atoms with Gasteiger partial charge in [-0.2, -0.15) is 4.98 Å². The largest absolute Gasteiger partial charge is 0.432 e. The van der Waals surface area contributed by atoms with Crippen molar-refractivity contribution in [2.75, 3.05) is 32.7 Å². The summed E-state index contributed by atoms with van der Waals surface area (Å²) in [6.45, 7) is 3.43. The van der Waals surface area contributed by atoms with Crippen molar-refractivity contribution in [1.29, 1.82) is 0 Å². The minimum atomic E-state index is 0.246. The lowest BCUT2D eigenvalue weighted by Gasteiger charge is -2.21. The van der Waals surface area contributed by atoms with Gasteiger partial charge in [0.05, 0.1) is 18.3 Å². The maximum Gasteiger partial charge on any atom is 0.297 e. The van der Waals surface area contributed by atoms with Crippen LogP contribution in [-0.4, -0.2) is 38.8 Å². The second kappa shape index (κ2) is 5.72. The van der Waals surface area contributed by atoms with Crippen molar-refractivity contribution in [3.05, 3.63) is 12.0 Å². The van der Waals surface area contributed by atoms with Crippen LogP contribution in [0.5, 0.6) is 0 Å². The fraction of sp³-hybridized carbons (Fsp3) is 0.700. The van der Waals surface area contributed by atoms with Gasteiger partial charge in [-0.05, 0) is 14.0 Å². The second-order valence-electron chi connectivity index (χ2n) is 3.57. The van der Waals surface area contributed by atoms with Crippen molar-refractivity contribution < 1.29 is 9.15 Å². The molecule has 1 unspecified atom stereocenters. The third-order valence-corrected chi connectivity index (χ3v) is 2.27. The first-order chi connectivity index (χ1) is 7.19. The van der Waals surface area contributed by atoms with Crippen LogP contribution in [0.2, 0.25) is 0 Å². The smallest absolute Gasteiger partial charge is 0.297 e. The molecule has 0 amide bonds. The lowest BCUT2D eigenvalue weighted by molar-refractivity contribution is 0.181. The van der Waals surface area contributed by atoms with E-state index in [1.807, 2.05) is 19.0 Å². The number of aromatic nitrogens is 1. The summed E-state index contributed by atoms with van der Waals surface area (Å²) >= 11 is 0. The number of likely N-dealkylation sites (N-methyl/N-ethyl adjacent to an activating group) is 1. The molecule has 5 heteroatoms. The highest BCUT2D eigenvalue weighted by molar-refractivity contribution is 5.27. The van der Waals surface area contributed by atoms with E-state index < -0.39 is 0 Å². The minimum absolute atomic E-state index is 0.246. The number of hydrogen-bond acceptors (Lipinski definition) is 5. The number of ether oxygens (including phenoxy) is 1. The normalized spacial score (nSPS) is 12.8. The number of rotatable bonds is 6. The molecule has 0 saturated heterocycles. The van der Waals surface area contributed by atoms with E-state index in [0.717, 1.165) is 12.2 Å². The maximum absolute atomic E-state index is 5.37. The van der Waals surface area contributed by atoms with Gasteiger partial charge < -0.3 is 19.4 Å². The van der Waals surface area contributed by atoms with Crippen LogP contribution in [0.3, 0.4) is 0 Å². The molecule has 1 heterocycles. The van der Waals surface area contributed by atoms with Crippen LogP contribution in [0.25, 0.3) is 0 Å². The molecule has 0 fully saturated rings. The molecule has 1 aromatic rings. The molecule has 0 aliphatic rings. The molecule has 5 nitrogen and oxygen atoms in total. The van der Waals surface area contributed by atoms with E-state index in [1.165, 1.54) is 0 Å². The van der Waals surface area contributed by atoms with Crippen molar-refractivity contribution >= 4 is 6.01 Å². The molecule has 15 heavy (non-hydrogen) atoms. The molecule has 0 aliphatic heterocycles. The number of anilines is 1. The van der Waals surface area contributed by atoms with Crippen LogP contribution in [0.15, 0.2) is 10.7 Å². The molecule has 1 rings (SSSR count). The SMILES string of the molecule is CNCc1coc(N(C)C(C)COC)n1. The Kier molecular flexibility index (Phi) is 4.58. The van der Waals surface area contributed by atoms with Crippen LogP contribution >= 0.6 is 0 Å². The van der Waals surface area contributed by atoms with Gasteiger partial charge in [0, 0.05) is 20.7 Å². The Balaban J connectivity index is 2.60. The summed E-state index contributed by atoms with van der Waals surface area (Å²) in [5.41, 5.74) is 0.906. The zero-order chi connectivity index (χ0) is 11.3. The summed E-state index contributed by atoms with van der Waals surface area (Å²) in [7, 11) is 5.51. The quantitative estimate of drug-likeness (QED) is 0.759. The van der Waals surface area contributed by atoms with Gasteiger partial charge in [-0.25, -0.2) is 0 Å². The van der Waals surface area contributed by atoms with Gasteiger partial charge in [0.1, 0.15) is 6.26 Å². The van der Waals surface area contributed by atoms with E-state index in [1.54, 1.807) is 13.4 Å². The molecular formula is C10H19N3O2. The Morgan fingerprint density at radius 3 is 3.00 bits per heavy atom. The lowest BCUT2D eigenvalue weighted by atomic mass is 10.3. The van der Waals surface area contributed by atoms with Crippen LogP contribution in [-0.2, 0) is 11.3 Å². The summed E-state index contributed by atoms with van der Waals surface area (Å²) in [5.74, 6) is 0. The van der Waals surface area contributed by atoms with Crippen LogP contribution < -0.4 is 10.2 Å². The molecule has 0 spiro atoms. The third-order valence-electron chi connectivity index (χ3n) is 2.27. The standard InChI is InChI=1S/C10H19N3O2/c1-8(6-14-4)13(3)10-12-9(5-11-2)7-15-10/h7-8,11H,5-6H2,1-4H3. The highest BCUT2D eigenvalue weighted by atomic mass is 16.5. The molecule has 1 N–H and O–H groups in total. The van der Waals surface area contributed by atoms with Crippen molar-refractivity contribution in [1.82, 2.24) is 10.3 Å². The summed E-state index contributed by atoms with van der Waals surface area (Å²) in [4.78, 5) is 6.31. The van der Waals surface area contributed by atoms with Gasteiger partial charge in [0.2, 0.25) is 0 Å². The Hall–Kier alpha value is -1.07. The topological polar surface area (TPSA) is 50.5 Å².